The van der Waals surface area contributed by atoms with E-state index in [-0.39, 0.29) is 0 Å². The molecular formula is C12H16S. The van der Waals surface area contributed by atoms with Crippen LogP contribution in [0.4, 0.5) is 0 Å². The second-order valence-corrected chi connectivity index (χ2v) is 5.39. The van der Waals surface area contributed by atoms with E-state index in [1.54, 1.807) is 0 Å². The van der Waals surface area contributed by atoms with Crippen LogP contribution in [-0.2, 0) is 6.42 Å². The quantitative estimate of drug-likeness (QED) is 0.661. The maximum absolute atomic E-state index is 2.29. The van der Waals surface area contributed by atoms with Crippen molar-refractivity contribution in [1.29, 1.82) is 0 Å². The number of hydrogen-bond acceptors (Lipinski definition) is 1. The summed E-state index contributed by atoms with van der Waals surface area (Å²) in [7, 11) is 0. The normalized spacial score (nSPS) is 20.7. The molecule has 0 spiro atoms. The Morgan fingerprint density at radius 1 is 1.31 bits per heavy atom. The second kappa shape index (κ2) is 3.75. The molecular weight excluding hydrogens is 176 g/mol. The zero-order chi connectivity index (χ0) is 9.26. The monoisotopic (exact) mass is 192 g/mol. The molecule has 1 aromatic carbocycles. The van der Waals surface area contributed by atoms with Gasteiger partial charge in [0.05, 0.1) is 0 Å². The fourth-order valence-electron chi connectivity index (χ4n) is 1.49. The molecule has 1 aromatic rings. The van der Waals surface area contributed by atoms with Crippen molar-refractivity contribution >= 4 is 11.8 Å². The number of thioether (sulfide) groups is 1. The Kier molecular flexibility index (Phi) is 2.63. The van der Waals surface area contributed by atoms with Crippen LogP contribution in [0.3, 0.4) is 0 Å². The molecule has 1 heterocycles. The highest BCUT2D eigenvalue weighted by molar-refractivity contribution is 8.06. The van der Waals surface area contributed by atoms with Gasteiger partial charge in [0.25, 0.3) is 0 Å². The van der Waals surface area contributed by atoms with E-state index in [1.807, 2.05) is 0 Å². The molecule has 0 N–H and O–H groups in total. The van der Waals surface area contributed by atoms with Gasteiger partial charge >= 0.3 is 0 Å². The molecule has 1 aliphatic heterocycles. The summed E-state index contributed by atoms with van der Waals surface area (Å²) in [6.07, 6.45) is 1.27. The van der Waals surface area contributed by atoms with E-state index in [0.717, 1.165) is 5.25 Å². The van der Waals surface area contributed by atoms with Gasteiger partial charge in [-0.15, -0.1) is 0 Å². The van der Waals surface area contributed by atoms with Gasteiger partial charge in [0.1, 0.15) is 0 Å². The van der Waals surface area contributed by atoms with Crippen molar-refractivity contribution in [1.82, 2.24) is 0 Å². The van der Waals surface area contributed by atoms with Crippen molar-refractivity contribution in [3.63, 3.8) is 0 Å². The van der Waals surface area contributed by atoms with Crippen LogP contribution >= 0.6 is 11.8 Å². The summed E-state index contributed by atoms with van der Waals surface area (Å²) in [6.45, 7) is 4.48. The summed E-state index contributed by atoms with van der Waals surface area (Å²) in [5, 5.41) is 0.921. The van der Waals surface area contributed by atoms with Gasteiger partial charge < -0.3 is 0 Å². The van der Waals surface area contributed by atoms with Gasteiger partial charge in [-0.05, 0) is 23.5 Å². The summed E-state index contributed by atoms with van der Waals surface area (Å²) < 4.78 is 0. The largest absolute Gasteiger partial charge is 0.156 e. The fraction of sp³-hybridized carbons (Fsp3) is 0.500. The lowest BCUT2D eigenvalue weighted by Gasteiger charge is -2.05. The van der Waals surface area contributed by atoms with Crippen molar-refractivity contribution in [2.75, 3.05) is 5.75 Å². The van der Waals surface area contributed by atoms with E-state index >= 15 is 0 Å². The van der Waals surface area contributed by atoms with E-state index in [4.69, 9.17) is 0 Å². The molecule has 0 amide bonds. The standard InChI is InChI=1S/C12H16S/c1-9(2)11-5-3-10(4-6-11)7-12-8-13-12/h3-6,9,12H,7-8H2,1-2H3. The Morgan fingerprint density at radius 3 is 2.38 bits per heavy atom. The predicted octanol–water partition coefficient (Wildman–Crippen LogP) is 3.47. The predicted molar refractivity (Wildman–Crippen MR) is 60.5 cm³/mol. The van der Waals surface area contributed by atoms with Crippen molar-refractivity contribution in [2.45, 2.75) is 31.4 Å². The molecule has 1 saturated heterocycles. The molecule has 0 nitrogen and oxygen atoms in total. The maximum Gasteiger partial charge on any atom is 0.0179 e. The van der Waals surface area contributed by atoms with Crippen molar-refractivity contribution in [2.24, 2.45) is 0 Å². The van der Waals surface area contributed by atoms with Crippen LogP contribution in [0.1, 0.15) is 30.9 Å². The van der Waals surface area contributed by atoms with Crippen molar-refractivity contribution in [3.05, 3.63) is 35.4 Å². The lowest BCUT2D eigenvalue weighted by atomic mass is 10.0. The Balaban J connectivity index is 2.04. The van der Waals surface area contributed by atoms with E-state index < -0.39 is 0 Å². The number of hydrogen-bond donors (Lipinski definition) is 0. The molecule has 13 heavy (non-hydrogen) atoms. The zero-order valence-corrected chi connectivity index (χ0v) is 9.10. The number of benzene rings is 1. The zero-order valence-electron chi connectivity index (χ0n) is 8.29. The highest BCUT2D eigenvalue weighted by atomic mass is 32.2. The van der Waals surface area contributed by atoms with Gasteiger partial charge in [-0.1, -0.05) is 38.1 Å². The average Bonchev–Trinajstić information content (AvgIpc) is 2.89. The van der Waals surface area contributed by atoms with Crippen LogP contribution in [0.15, 0.2) is 24.3 Å². The first kappa shape index (κ1) is 9.14. The molecule has 1 heteroatoms. The first-order chi connectivity index (χ1) is 6.25. The summed E-state index contributed by atoms with van der Waals surface area (Å²) >= 11 is 2.07. The van der Waals surface area contributed by atoms with E-state index in [0.29, 0.717) is 5.92 Å². The first-order valence-electron chi connectivity index (χ1n) is 4.96. The van der Waals surface area contributed by atoms with Crippen molar-refractivity contribution in [3.8, 4) is 0 Å². The molecule has 0 bridgehead atoms. The van der Waals surface area contributed by atoms with Crippen LogP contribution in [0.25, 0.3) is 0 Å². The molecule has 0 aromatic heterocycles. The third-order valence-corrected chi connectivity index (χ3v) is 3.48. The van der Waals surface area contributed by atoms with Gasteiger partial charge in [-0.25, -0.2) is 0 Å². The first-order valence-corrected chi connectivity index (χ1v) is 6.01. The Morgan fingerprint density at radius 2 is 1.92 bits per heavy atom. The van der Waals surface area contributed by atoms with Gasteiger partial charge in [-0.2, -0.15) is 11.8 Å². The van der Waals surface area contributed by atoms with Gasteiger partial charge in [-0.3, -0.25) is 0 Å². The summed E-state index contributed by atoms with van der Waals surface area (Å²) in [5.41, 5.74) is 2.95. The minimum absolute atomic E-state index is 0.657. The molecule has 0 aliphatic carbocycles. The molecule has 1 unspecified atom stereocenters. The number of rotatable bonds is 3. The molecule has 0 saturated carbocycles. The second-order valence-electron chi connectivity index (χ2n) is 4.06. The van der Waals surface area contributed by atoms with Crippen LogP contribution in [0, 0.1) is 0 Å². The third kappa shape index (κ3) is 2.50. The Labute approximate surface area is 84.7 Å². The lowest BCUT2D eigenvalue weighted by Crippen LogP contribution is -1.93. The van der Waals surface area contributed by atoms with Crippen LogP contribution in [0.5, 0.6) is 0 Å². The highest BCUT2D eigenvalue weighted by Gasteiger charge is 2.22. The summed E-state index contributed by atoms with van der Waals surface area (Å²) in [6, 6.07) is 9.11. The van der Waals surface area contributed by atoms with E-state index in [1.165, 1.54) is 23.3 Å². The minimum Gasteiger partial charge on any atom is -0.156 e. The molecule has 1 atom stereocenters. The molecule has 0 radical (unpaired) electrons. The molecule has 1 aliphatic rings. The van der Waals surface area contributed by atoms with Crippen LogP contribution in [-0.4, -0.2) is 11.0 Å². The topological polar surface area (TPSA) is 0 Å². The van der Waals surface area contributed by atoms with Gasteiger partial charge in [0.2, 0.25) is 0 Å². The molecule has 2 rings (SSSR count). The SMILES string of the molecule is CC(C)c1ccc(CC2CS2)cc1. The van der Waals surface area contributed by atoms with Crippen molar-refractivity contribution < 1.29 is 0 Å². The maximum atomic E-state index is 2.29. The highest BCUT2D eigenvalue weighted by Crippen LogP contribution is 2.33. The van der Waals surface area contributed by atoms with Crippen LogP contribution in [0.2, 0.25) is 0 Å². The van der Waals surface area contributed by atoms with Gasteiger partial charge in [0, 0.05) is 11.0 Å². The smallest absolute Gasteiger partial charge is 0.0179 e. The summed E-state index contributed by atoms with van der Waals surface area (Å²) in [4.78, 5) is 0. The fourth-order valence-corrected chi connectivity index (χ4v) is 2.05. The van der Waals surface area contributed by atoms with Gasteiger partial charge in [0.15, 0.2) is 0 Å². The third-order valence-electron chi connectivity index (χ3n) is 2.51. The average molecular weight is 192 g/mol. The Bertz CT molecular complexity index is 270. The lowest BCUT2D eigenvalue weighted by molar-refractivity contribution is 0.864. The van der Waals surface area contributed by atoms with E-state index in [9.17, 15) is 0 Å². The minimum atomic E-state index is 0.657. The van der Waals surface area contributed by atoms with E-state index in [2.05, 4.69) is 49.9 Å². The summed E-state index contributed by atoms with van der Waals surface area (Å²) in [5.74, 6) is 2.02. The Hall–Kier alpha value is -0.430. The molecule has 70 valence electrons. The van der Waals surface area contributed by atoms with Crippen LogP contribution < -0.4 is 0 Å². The molecule has 1 fully saturated rings.